The number of sulfonamides is 1. The molecule has 0 saturated carbocycles. The lowest BCUT2D eigenvalue weighted by Gasteiger charge is -2.23. The molecule has 3 heterocycles. The Morgan fingerprint density at radius 1 is 1.05 bits per heavy atom. The van der Waals surface area contributed by atoms with Gasteiger partial charge < -0.3 is 14.2 Å². The predicted octanol–water partition coefficient (Wildman–Crippen LogP) is 3.49. The molecule has 3 aromatic heterocycles. The molecular weight excluding hydrogens is 529 g/mol. The van der Waals surface area contributed by atoms with Crippen molar-refractivity contribution in [3.63, 3.8) is 0 Å². The number of aromatic nitrogens is 6. The number of rotatable bonds is 11. The topological polar surface area (TPSA) is 143 Å². The SMILES string of the molecule is CCO[C@@H](c1ncc(F)cn1)C(C)S(=O)(=O)Nc1nnc(-c2cncc(C)c2)n1-c1c(OC)cccc1OC. The molecule has 1 aromatic carbocycles. The van der Waals surface area contributed by atoms with E-state index in [4.69, 9.17) is 14.2 Å². The predicted molar refractivity (Wildman–Crippen MR) is 141 cm³/mol. The summed E-state index contributed by atoms with van der Waals surface area (Å²) in [6.45, 7) is 5.18. The highest BCUT2D eigenvalue weighted by Crippen LogP contribution is 2.38. The molecule has 1 unspecified atom stereocenters. The lowest BCUT2D eigenvalue weighted by molar-refractivity contribution is 0.0556. The zero-order chi connectivity index (χ0) is 28.2. The fraction of sp³-hybridized carbons (Fsp3) is 0.320. The van der Waals surface area contributed by atoms with E-state index in [0.29, 0.717) is 28.6 Å². The third kappa shape index (κ3) is 5.81. The van der Waals surface area contributed by atoms with Crippen LogP contribution in [-0.2, 0) is 14.8 Å². The first-order valence-corrected chi connectivity index (χ1v) is 13.4. The molecule has 0 radical (unpaired) electrons. The first-order chi connectivity index (χ1) is 18.7. The number of hydrogen-bond donors (Lipinski definition) is 1. The highest BCUT2D eigenvalue weighted by molar-refractivity contribution is 7.93. The van der Waals surface area contributed by atoms with Crippen LogP contribution < -0.4 is 14.2 Å². The second kappa shape index (κ2) is 11.7. The van der Waals surface area contributed by atoms with Gasteiger partial charge in [-0.1, -0.05) is 6.07 Å². The molecule has 206 valence electrons. The van der Waals surface area contributed by atoms with Gasteiger partial charge in [-0.05, 0) is 44.5 Å². The molecule has 0 aliphatic heterocycles. The van der Waals surface area contributed by atoms with Gasteiger partial charge in [-0.3, -0.25) is 14.3 Å². The van der Waals surface area contributed by atoms with Crippen molar-refractivity contribution in [3.05, 3.63) is 66.3 Å². The maximum Gasteiger partial charge on any atom is 0.243 e. The smallest absolute Gasteiger partial charge is 0.243 e. The van der Waals surface area contributed by atoms with E-state index in [1.54, 1.807) is 37.5 Å². The summed E-state index contributed by atoms with van der Waals surface area (Å²) in [6.07, 6.45) is 4.09. The number of halogens is 1. The Balaban J connectivity index is 1.84. The Bertz CT molecular complexity index is 1520. The molecule has 0 fully saturated rings. The maximum atomic E-state index is 13.7. The van der Waals surface area contributed by atoms with Gasteiger partial charge in [-0.2, -0.15) is 0 Å². The number of nitrogens with one attached hydrogen (secondary N) is 1. The van der Waals surface area contributed by atoms with E-state index in [0.717, 1.165) is 18.0 Å². The van der Waals surface area contributed by atoms with Gasteiger partial charge >= 0.3 is 0 Å². The van der Waals surface area contributed by atoms with Crippen molar-refractivity contribution in [2.75, 3.05) is 25.5 Å². The molecule has 0 bridgehead atoms. The molecule has 0 spiro atoms. The monoisotopic (exact) mass is 557 g/mol. The molecule has 4 aromatic rings. The summed E-state index contributed by atoms with van der Waals surface area (Å²) in [4.78, 5) is 12.1. The Morgan fingerprint density at radius 2 is 1.72 bits per heavy atom. The minimum atomic E-state index is -4.21. The molecule has 0 aliphatic rings. The van der Waals surface area contributed by atoms with Crippen LogP contribution in [0.1, 0.15) is 31.3 Å². The fourth-order valence-corrected chi connectivity index (χ4v) is 5.03. The average molecular weight is 558 g/mol. The second-order valence-electron chi connectivity index (χ2n) is 8.43. The first kappa shape index (κ1) is 27.9. The number of ether oxygens (including phenoxy) is 3. The normalized spacial score (nSPS) is 13.1. The van der Waals surface area contributed by atoms with Crippen LogP contribution in [0.5, 0.6) is 11.5 Å². The van der Waals surface area contributed by atoms with Crippen LogP contribution >= 0.6 is 0 Å². The number of methoxy groups -OCH3 is 2. The molecule has 4 rings (SSSR count). The van der Waals surface area contributed by atoms with E-state index in [9.17, 15) is 12.8 Å². The highest BCUT2D eigenvalue weighted by atomic mass is 32.2. The van der Waals surface area contributed by atoms with Gasteiger partial charge in [0.15, 0.2) is 17.5 Å². The van der Waals surface area contributed by atoms with Crippen LogP contribution in [0.25, 0.3) is 17.1 Å². The van der Waals surface area contributed by atoms with Gasteiger partial charge in [0.05, 0.1) is 26.6 Å². The number of anilines is 1. The van der Waals surface area contributed by atoms with E-state index in [-0.39, 0.29) is 18.4 Å². The Hall–Kier alpha value is -4.17. The van der Waals surface area contributed by atoms with Crippen molar-refractivity contribution in [2.45, 2.75) is 32.1 Å². The first-order valence-electron chi connectivity index (χ1n) is 11.9. The van der Waals surface area contributed by atoms with E-state index >= 15 is 0 Å². The second-order valence-corrected chi connectivity index (χ2v) is 10.5. The van der Waals surface area contributed by atoms with Crippen LogP contribution in [0, 0.1) is 12.7 Å². The van der Waals surface area contributed by atoms with Crippen LogP contribution in [-0.4, -0.2) is 64.2 Å². The van der Waals surface area contributed by atoms with E-state index in [1.807, 2.05) is 13.0 Å². The van der Waals surface area contributed by atoms with Crippen molar-refractivity contribution in [1.29, 1.82) is 0 Å². The summed E-state index contributed by atoms with van der Waals surface area (Å²) >= 11 is 0. The van der Waals surface area contributed by atoms with Gasteiger partial charge in [0, 0.05) is 24.6 Å². The van der Waals surface area contributed by atoms with Gasteiger partial charge in [-0.15, -0.1) is 10.2 Å². The molecule has 0 aliphatic carbocycles. The zero-order valence-electron chi connectivity index (χ0n) is 22.0. The van der Waals surface area contributed by atoms with Gasteiger partial charge in [-0.25, -0.2) is 22.8 Å². The maximum absolute atomic E-state index is 13.7. The van der Waals surface area contributed by atoms with E-state index in [2.05, 4.69) is 29.9 Å². The summed E-state index contributed by atoms with van der Waals surface area (Å²) in [5.41, 5.74) is 1.82. The fourth-order valence-electron chi connectivity index (χ4n) is 3.93. The number of aryl methyl sites for hydroxylation is 1. The number of nitrogens with zero attached hydrogens (tertiary/aromatic N) is 6. The lowest BCUT2D eigenvalue weighted by atomic mass is 10.2. The van der Waals surface area contributed by atoms with Crippen molar-refractivity contribution in [2.24, 2.45) is 0 Å². The quantitative estimate of drug-likeness (QED) is 0.291. The van der Waals surface area contributed by atoms with Gasteiger partial charge in [0.2, 0.25) is 16.0 Å². The summed E-state index contributed by atoms with van der Waals surface area (Å²) < 4.78 is 61.6. The van der Waals surface area contributed by atoms with Crippen LogP contribution in [0.4, 0.5) is 10.3 Å². The zero-order valence-corrected chi connectivity index (χ0v) is 22.8. The minimum absolute atomic E-state index is 0.0236. The Morgan fingerprint density at radius 3 is 2.31 bits per heavy atom. The molecule has 39 heavy (non-hydrogen) atoms. The Kier molecular flexibility index (Phi) is 8.35. The van der Waals surface area contributed by atoms with Crippen LogP contribution in [0.15, 0.2) is 49.1 Å². The van der Waals surface area contributed by atoms with Crippen molar-refractivity contribution in [3.8, 4) is 28.6 Å². The van der Waals surface area contributed by atoms with Gasteiger partial charge in [0.1, 0.15) is 28.5 Å². The minimum Gasteiger partial charge on any atom is -0.494 e. The molecule has 14 heteroatoms. The largest absolute Gasteiger partial charge is 0.494 e. The number of para-hydroxylation sites is 1. The molecule has 0 amide bonds. The van der Waals surface area contributed by atoms with E-state index in [1.165, 1.54) is 25.7 Å². The average Bonchev–Trinajstić information content (AvgIpc) is 3.33. The third-order valence-electron chi connectivity index (χ3n) is 5.81. The standard InChI is InChI=1S/C25H28FN7O5S/c1-6-38-22(23-28-13-18(26)14-29-23)16(3)39(34,35)32-25-31-30-24(17-10-15(2)11-27-12-17)33(25)21-19(36-4)8-7-9-20(21)37-5/h7-14,16,22H,6H2,1-5H3,(H,31,32)/t16?,22-/m1/s1. The van der Waals surface area contributed by atoms with Crippen LogP contribution in [0.3, 0.4) is 0 Å². The van der Waals surface area contributed by atoms with Crippen molar-refractivity contribution in [1.82, 2.24) is 29.7 Å². The third-order valence-corrected chi connectivity index (χ3v) is 7.51. The molecule has 12 nitrogen and oxygen atoms in total. The molecular formula is C25H28FN7O5S. The van der Waals surface area contributed by atoms with E-state index < -0.39 is 27.2 Å². The summed E-state index contributed by atoms with van der Waals surface area (Å²) in [7, 11) is -1.24. The summed E-state index contributed by atoms with van der Waals surface area (Å²) in [6, 6.07) is 6.98. The summed E-state index contributed by atoms with van der Waals surface area (Å²) in [5.74, 6) is 0.307. The number of pyridine rings is 1. The number of benzene rings is 1. The highest BCUT2D eigenvalue weighted by Gasteiger charge is 2.35. The molecule has 1 N–H and O–H groups in total. The van der Waals surface area contributed by atoms with Gasteiger partial charge in [0.25, 0.3) is 0 Å². The molecule has 0 saturated heterocycles. The number of hydrogen-bond acceptors (Lipinski definition) is 10. The van der Waals surface area contributed by atoms with Crippen LogP contribution in [0.2, 0.25) is 0 Å². The lowest BCUT2D eigenvalue weighted by Crippen LogP contribution is -2.34. The Labute approximate surface area is 225 Å². The van der Waals surface area contributed by atoms with Crippen molar-refractivity contribution >= 4 is 16.0 Å². The summed E-state index contributed by atoms with van der Waals surface area (Å²) in [5, 5.41) is 7.24. The van der Waals surface area contributed by atoms with Crippen molar-refractivity contribution < 1.29 is 27.0 Å². The molecule has 2 atom stereocenters.